The maximum absolute atomic E-state index is 13.2. The molecule has 5 rings (SSSR count). The minimum atomic E-state index is -0.142. The number of phenols is 1. The van der Waals surface area contributed by atoms with E-state index in [1.807, 2.05) is 36.4 Å². The van der Waals surface area contributed by atoms with Crippen LogP contribution in [0.3, 0.4) is 0 Å². The average molecular weight is 802 g/mol. The van der Waals surface area contributed by atoms with Crippen molar-refractivity contribution in [3.8, 4) is 5.75 Å². The second kappa shape index (κ2) is 13.6. The molecule has 0 bridgehead atoms. The number of unbranched alkanes of at least 4 members (excludes halogenated alkanes) is 1. The Hall–Kier alpha value is -1.73. The number of para-hydroxylation sites is 1. The first kappa shape index (κ1) is 27.8. The fraction of sp³-hybridized carbons (Fsp3) is 0.345. The van der Waals surface area contributed by atoms with Crippen molar-refractivity contribution < 1.29 is 27.4 Å². The van der Waals surface area contributed by atoms with Crippen LogP contribution in [0.2, 0.25) is 0 Å². The quantitative estimate of drug-likeness (QED) is 0.207. The molecule has 9 heteroatoms. The molecule has 1 atom stereocenters. The third kappa shape index (κ3) is 6.70. The number of carbonyl (C=O) groups is 1. The molecule has 0 spiro atoms. The Kier molecular flexibility index (Phi) is 9.93. The van der Waals surface area contributed by atoms with Crippen LogP contribution in [-0.2, 0) is 4.79 Å². The van der Waals surface area contributed by atoms with Gasteiger partial charge in [0.2, 0.25) is 0 Å². The molecule has 1 fully saturated rings. The van der Waals surface area contributed by atoms with Crippen molar-refractivity contribution in [1.82, 2.24) is 13.7 Å². The third-order valence-electron chi connectivity index (χ3n) is 7.05. The van der Waals surface area contributed by atoms with E-state index in [2.05, 4.69) is 51.9 Å². The minimum Gasteiger partial charge on any atom is -0.0530 e. The molecule has 6 nitrogen and oxygen atoms in total. The molecule has 1 amide bonds. The number of hydrogen-bond donors (Lipinski definition) is 3. The second-order valence-corrected chi connectivity index (χ2v) is 18.5. The van der Waals surface area contributed by atoms with Crippen LogP contribution in [0.5, 0.6) is 5.75 Å². The number of amides is 1. The molecular formula is C29H32BrI2N4O2-. The van der Waals surface area contributed by atoms with E-state index in [9.17, 15) is 9.90 Å². The molecule has 202 valence electrons. The molecule has 0 saturated heterocycles. The zero-order chi connectivity index (χ0) is 26.3. The fourth-order valence-corrected chi connectivity index (χ4v) is 16.6. The van der Waals surface area contributed by atoms with Gasteiger partial charge in [0.1, 0.15) is 0 Å². The average Bonchev–Trinajstić information content (AvgIpc) is 3.46. The standard InChI is InChI=1S/C29H32BrI2N4O2/c30-23-19-31-32-36-26(18-24(35-28(23)36)22-14-6-7-15-25(22)37)33-16-8-9-17-34-29(38)27(21-12-4-5-13-21)20-10-2-1-3-11-20/h1-3,6-7,10-11,14-15,18-19,21,27,35,37H,4-5,8-9,12-13,16-17H2,(H,34,38)/q-1. The Morgan fingerprint density at radius 3 is 2.71 bits per heavy atom. The number of phenolic OH excluding ortho intramolecular Hbond substituents is 1. The number of allylic oxidation sites excluding steroid dienone is 1. The zero-order valence-corrected chi connectivity index (χ0v) is 26.9. The second-order valence-electron chi connectivity index (χ2n) is 9.60. The Labute approximate surface area is 249 Å². The van der Waals surface area contributed by atoms with Crippen molar-refractivity contribution in [3.05, 3.63) is 82.1 Å². The van der Waals surface area contributed by atoms with Crippen LogP contribution < -0.4 is 28.1 Å². The van der Waals surface area contributed by atoms with Crippen LogP contribution in [-0.4, -0.2) is 37.1 Å². The Morgan fingerprint density at radius 1 is 1.16 bits per heavy atom. The summed E-state index contributed by atoms with van der Waals surface area (Å²) < 4.78 is 5.73. The summed E-state index contributed by atoms with van der Waals surface area (Å²) in [5, 5.41) is 17.2. The number of fused-ring (bicyclic) bond motifs is 1. The monoisotopic (exact) mass is 801 g/mol. The molecule has 38 heavy (non-hydrogen) atoms. The Bertz CT molecular complexity index is 1270. The molecule has 1 unspecified atom stereocenters. The first-order valence-electron chi connectivity index (χ1n) is 13.1. The maximum atomic E-state index is 13.2. The van der Waals surface area contributed by atoms with Gasteiger partial charge in [-0.25, -0.2) is 0 Å². The number of halogens is 3. The smallest absolute Gasteiger partial charge is 0.0530 e. The summed E-state index contributed by atoms with van der Waals surface area (Å²) in [6.07, 6.45) is 8.59. The van der Waals surface area contributed by atoms with Crippen molar-refractivity contribution in [1.29, 1.82) is 0 Å². The summed E-state index contributed by atoms with van der Waals surface area (Å²) in [5.41, 5.74) is 2.76. The van der Waals surface area contributed by atoms with Crippen LogP contribution in [0.1, 0.15) is 55.6 Å². The van der Waals surface area contributed by atoms with E-state index in [1.54, 1.807) is 6.07 Å². The number of hydrogen-bond acceptors (Lipinski definition) is 4. The van der Waals surface area contributed by atoms with Gasteiger partial charge in [0, 0.05) is 0 Å². The summed E-state index contributed by atoms with van der Waals surface area (Å²) in [6, 6.07) is 17.7. The van der Waals surface area contributed by atoms with Crippen molar-refractivity contribution in [3.63, 3.8) is 0 Å². The number of nitrogens with zero attached hydrogens (tertiary/aromatic N) is 2. The molecule has 1 aliphatic carbocycles. The van der Waals surface area contributed by atoms with Crippen LogP contribution in [0.4, 0.5) is 0 Å². The minimum absolute atomic E-state index is 0.0206. The van der Waals surface area contributed by atoms with Gasteiger partial charge in [0.05, 0.1) is 0 Å². The molecular weight excluding hydrogens is 770 g/mol. The van der Waals surface area contributed by atoms with Gasteiger partial charge in [0.25, 0.3) is 0 Å². The van der Waals surface area contributed by atoms with E-state index in [0.29, 0.717) is 19.0 Å². The van der Waals surface area contributed by atoms with Gasteiger partial charge in [-0.2, -0.15) is 0 Å². The summed E-state index contributed by atoms with van der Waals surface area (Å²) in [5.74, 6) is 2.81. The number of amidine groups is 1. The van der Waals surface area contributed by atoms with Gasteiger partial charge in [-0.05, 0) is 0 Å². The third-order valence-corrected chi connectivity index (χ3v) is 16.4. The van der Waals surface area contributed by atoms with Crippen LogP contribution in [0, 0.1) is 5.92 Å². The van der Waals surface area contributed by atoms with Gasteiger partial charge in [-0.1, -0.05) is 31.0 Å². The molecule has 0 aromatic heterocycles. The zero-order valence-electron chi connectivity index (χ0n) is 21.0. The van der Waals surface area contributed by atoms with E-state index in [1.165, 1.54) is 12.8 Å². The van der Waals surface area contributed by atoms with Crippen LogP contribution >= 0.6 is 32.7 Å². The molecule has 1 saturated carbocycles. The summed E-state index contributed by atoms with van der Waals surface area (Å²) in [6.45, 7) is 1.38. The molecule has 2 aliphatic heterocycles. The van der Waals surface area contributed by atoms with E-state index in [4.69, 9.17) is 4.99 Å². The van der Waals surface area contributed by atoms with E-state index in [0.717, 1.165) is 58.6 Å². The van der Waals surface area contributed by atoms with Gasteiger partial charge in [-0.3, -0.25) is 0 Å². The topological polar surface area (TPSA) is 77.0 Å². The van der Waals surface area contributed by atoms with Crippen molar-refractivity contribution in [2.75, 3.05) is 13.1 Å². The predicted molar refractivity (Wildman–Crippen MR) is 163 cm³/mol. The first-order chi connectivity index (χ1) is 18.6. The fourth-order valence-electron chi connectivity index (χ4n) is 5.17. The number of aliphatic imine (C=N–C) groups is 1. The number of carbonyl (C=O) groups excluding carboxylic acids is 1. The molecule has 3 aliphatic rings. The van der Waals surface area contributed by atoms with E-state index in [-0.39, 0.29) is 51.8 Å². The van der Waals surface area contributed by atoms with Gasteiger partial charge >= 0.3 is 221 Å². The molecule has 2 heterocycles. The first-order valence-corrected chi connectivity index (χ1v) is 22.4. The van der Waals surface area contributed by atoms with Gasteiger partial charge < -0.3 is 0 Å². The number of aromatic hydroxyl groups is 1. The number of benzene rings is 2. The van der Waals surface area contributed by atoms with E-state index < -0.39 is 0 Å². The van der Waals surface area contributed by atoms with Gasteiger partial charge in [0.15, 0.2) is 0 Å². The number of nitrogens with one attached hydrogen (secondary N) is 2. The Morgan fingerprint density at radius 2 is 1.92 bits per heavy atom. The summed E-state index contributed by atoms with van der Waals surface area (Å²) >= 11 is 3.60. The predicted octanol–water partition coefficient (Wildman–Crippen LogP) is 3.18. The normalized spacial score (nSPS) is 19.7. The van der Waals surface area contributed by atoms with Crippen molar-refractivity contribution >= 4 is 54.1 Å². The molecule has 2 aromatic carbocycles. The Balaban J connectivity index is 1.20. The summed E-state index contributed by atoms with van der Waals surface area (Å²) in [7, 11) is 0. The number of rotatable bonds is 9. The van der Waals surface area contributed by atoms with Crippen LogP contribution in [0.25, 0.3) is 5.70 Å². The van der Waals surface area contributed by atoms with Gasteiger partial charge in [-0.15, -0.1) is 0 Å². The summed E-state index contributed by atoms with van der Waals surface area (Å²) in [4.78, 5) is 18.2. The van der Waals surface area contributed by atoms with Crippen molar-refractivity contribution in [2.45, 2.75) is 44.4 Å². The van der Waals surface area contributed by atoms with E-state index >= 15 is 0 Å². The SMILES string of the molecule is O=C(NCCCCN=C1C=C(c2ccccc2O)NC2=C(Br)C=I[I-]N12)C(c1ccccc1)C1CCCC1. The van der Waals surface area contributed by atoms with Crippen molar-refractivity contribution in [2.24, 2.45) is 10.9 Å². The van der Waals surface area contributed by atoms with Crippen LogP contribution in [0.15, 0.2) is 76.0 Å². The molecule has 2 aromatic rings. The molecule has 0 radical (unpaired) electrons. The molecule has 3 N–H and O–H groups in total.